The molecular formula is C34H36F4N4O4S. The largest absolute Gasteiger partial charge is 0.416 e. The number of hydrogen-bond acceptors (Lipinski definition) is 5. The number of alkyl halides is 3. The van der Waals surface area contributed by atoms with Crippen LogP contribution in [0.1, 0.15) is 59.7 Å². The van der Waals surface area contributed by atoms with Crippen molar-refractivity contribution in [1.29, 1.82) is 0 Å². The molecule has 1 aliphatic carbocycles. The van der Waals surface area contributed by atoms with Gasteiger partial charge >= 0.3 is 6.18 Å². The molecule has 13 heteroatoms. The van der Waals surface area contributed by atoms with Crippen molar-refractivity contribution >= 4 is 27.5 Å². The van der Waals surface area contributed by atoms with Crippen LogP contribution in [-0.2, 0) is 33.0 Å². The first-order valence-electron chi connectivity index (χ1n) is 15.7. The van der Waals surface area contributed by atoms with Gasteiger partial charge in [0, 0.05) is 24.1 Å². The maximum Gasteiger partial charge on any atom is 0.416 e. The molecule has 3 aliphatic rings. The molecule has 2 amide bonds. The van der Waals surface area contributed by atoms with Crippen LogP contribution >= 0.6 is 0 Å². The molecule has 1 saturated heterocycles. The first-order chi connectivity index (χ1) is 22.3. The molecule has 250 valence electrons. The Labute approximate surface area is 271 Å². The molecule has 2 N–H and O–H groups in total. The van der Waals surface area contributed by atoms with E-state index in [0.29, 0.717) is 43.7 Å². The van der Waals surface area contributed by atoms with E-state index in [0.717, 1.165) is 31.0 Å². The molecule has 3 aromatic rings. The molecule has 0 bridgehead atoms. The molecule has 1 spiro atoms. The van der Waals surface area contributed by atoms with Crippen molar-refractivity contribution in [2.24, 2.45) is 5.92 Å². The second kappa shape index (κ2) is 12.6. The van der Waals surface area contributed by atoms with Gasteiger partial charge in [0.2, 0.25) is 5.91 Å². The van der Waals surface area contributed by atoms with Crippen LogP contribution in [0.3, 0.4) is 0 Å². The molecule has 1 unspecified atom stereocenters. The van der Waals surface area contributed by atoms with E-state index in [4.69, 9.17) is 0 Å². The van der Waals surface area contributed by atoms with Crippen LogP contribution in [0.5, 0.6) is 0 Å². The quantitative estimate of drug-likeness (QED) is 0.304. The fraction of sp³-hybridized carbons (Fsp3) is 0.412. The molecule has 8 nitrogen and oxygen atoms in total. The van der Waals surface area contributed by atoms with Gasteiger partial charge in [-0.1, -0.05) is 18.2 Å². The maximum absolute atomic E-state index is 14.3. The van der Waals surface area contributed by atoms with Crippen LogP contribution in [0.25, 0.3) is 0 Å². The SMILES string of the molecule is CCNC(=O)CN1CCC2(CC1)c1cc(C(=O)NCc3ccccc3C(F)(F)F)ccc1N(S(=O)(=O)c1ccc(F)cc1)C2C1CC1. The minimum Gasteiger partial charge on any atom is -0.355 e. The molecule has 2 fully saturated rings. The van der Waals surface area contributed by atoms with Crippen molar-refractivity contribution in [3.8, 4) is 0 Å². The summed E-state index contributed by atoms with van der Waals surface area (Å²) in [4.78, 5) is 27.8. The van der Waals surface area contributed by atoms with Gasteiger partial charge in [0.1, 0.15) is 5.82 Å². The maximum atomic E-state index is 14.3. The standard InChI is InChI=1S/C34H36F4N4O4S/c1-2-39-30(43)21-41-17-15-33(16-18-41)28-19-23(32(44)40-20-24-5-3-4-6-27(24)34(36,37)38)9-14-29(28)42(31(33)22-7-8-22)47(45,46)26-12-10-25(35)11-13-26/h3-6,9-14,19,22,31H,2,7-8,15-18,20-21H2,1H3,(H,39,43)(H,40,44). The zero-order valence-electron chi connectivity index (χ0n) is 25.8. The van der Waals surface area contributed by atoms with Gasteiger partial charge in [-0.25, -0.2) is 12.8 Å². The molecule has 47 heavy (non-hydrogen) atoms. The summed E-state index contributed by atoms with van der Waals surface area (Å²) in [6, 6.07) is 14.0. The zero-order chi connectivity index (χ0) is 33.6. The Morgan fingerprint density at radius 3 is 2.28 bits per heavy atom. The van der Waals surface area contributed by atoms with E-state index in [-0.39, 0.29) is 40.9 Å². The zero-order valence-corrected chi connectivity index (χ0v) is 26.6. The number of anilines is 1. The first kappa shape index (κ1) is 33.0. The number of rotatable bonds is 9. The molecule has 3 aromatic carbocycles. The smallest absolute Gasteiger partial charge is 0.355 e. The van der Waals surface area contributed by atoms with Crippen molar-refractivity contribution in [3.05, 3.63) is 94.8 Å². The van der Waals surface area contributed by atoms with Gasteiger partial charge in [-0.2, -0.15) is 13.2 Å². The highest BCUT2D eigenvalue weighted by Gasteiger charge is 2.60. The Hall–Kier alpha value is -3.97. The number of hydrogen-bond donors (Lipinski definition) is 2. The number of halogens is 4. The lowest BCUT2D eigenvalue weighted by Crippen LogP contribution is -2.54. The molecule has 0 aromatic heterocycles. The van der Waals surface area contributed by atoms with Crippen molar-refractivity contribution in [3.63, 3.8) is 0 Å². The molecule has 1 saturated carbocycles. The minimum atomic E-state index is -4.58. The Bertz CT molecular complexity index is 1770. The second-order valence-corrected chi connectivity index (χ2v) is 14.3. The van der Waals surface area contributed by atoms with Gasteiger partial charge in [0.15, 0.2) is 0 Å². The summed E-state index contributed by atoms with van der Waals surface area (Å²) in [5, 5.41) is 5.42. The minimum absolute atomic E-state index is 0.0497. The van der Waals surface area contributed by atoms with Crippen molar-refractivity contribution in [2.75, 3.05) is 30.5 Å². The number of benzene rings is 3. The highest BCUT2D eigenvalue weighted by molar-refractivity contribution is 7.92. The van der Waals surface area contributed by atoms with Gasteiger partial charge in [0.25, 0.3) is 15.9 Å². The van der Waals surface area contributed by atoms with Crippen LogP contribution < -0.4 is 14.9 Å². The van der Waals surface area contributed by atoms with E-state index >= 15 is 0 Å². The van der Waals surface area contributed by atoms with E-state index in [1.165, 1.54) is 40.7 Å². The average Bonchev–Trinajstić information content (AvgIpc) is 3.84. The number of fused-ring (bicyclic) bond motifs is 2. The van der Waals surface area contributed by atoms with E-state index in [1.807, 2.05) is 11.8 Å². The fourth-order valence-electron chi connectivity index (χ4n) is 7.22. The summed E-state index contributed by atoms with van der Waals surface area (Å²) in [5.74, 6) is -1.19. The van der Waals surface area contributed by atoms with E-state index < -0.39 is 44.9 Å². The van der Waals surface area contributed by atoms with Gasteiger partial charge in [-0.15, -0.1) is 0 Å². The number of sulfonamides is 1. The number of nitrogens with zero attached hydrogens (tertiary/aromatic N) is 2. The average molecular weight is 673 g/mol. The van der Waals surface area contributed by atoms with Gasteiger partial charge in [-0.05, 0) is 111 Å². The Morgan fingerprint density at radius 1 is 0.957 bits per heavy atom. The Kier molecular flexibility index (Phi) is 8.81. The summed E-state index contributed by atoms with van der Waals surface area (Å²) in [6.07, 6.45) is -1.88. The predicted octanol–water partition coefficient (Wildman–Crippen LogP) is 5.23. The van der Waals surface area contributed by atoms with E-state index in [1.54, 1.807) is 12.1 Å². The fourth-order valence-corrected chi connectivity index (χ4v) is 9.01. The van der Waals surface area contributed by atoms with Crippen LogP contribution in [0.2, 0.25) is 0 Å². The second-order valence-electron chi connectivity index (χ2n) is 12.5. The van der Waals surface area contributed by atoms with Crippen molar-refractivity contribution < 1.29 is 35.6 Å². The normalized spacial score (nSPS) is 19.4. The number of carbonyl (C=O) groups is 2. The third-order valence-electron chi connectivity index (χ3n) is 9.54. The van der Waals surface area contributed by atoms with E-state index in [9.17, 15) is 35.6 Å². The highest BCUT2D eigenvalue weighted by Crippen LogP contribution is 2.59. The van der Waals surface area contributed by atoms with Crippen molar-refractivity contribution in [2.45, 2.75) is 61.7 Å². The number of amides is 2. The lowest BCUT2D eigenvalue weighted by atomic mass is 9.68. The summed E-state index contributed by atoms with van der Waals surface area (Å²) < 4.78 is 84.6. The highest BCUT2D eigenvalue weighted by atomic mass is 32.2. The predicted molar refractivity (Wildman–Crippen MR) is 168 cm³/mol. The van der Waals surface area contributed by atoms with Crippen molar-refractivity contribution in [1.82, 2.24) is 15.5 Å². The summed E-state index contributed by atoms with van der Waals surface area (Å²) in [7, 11) is -4.15. The molecule has 2 aliphatic heterocycles. The number of carbonyl (C=O) groups excluding carboxylic acids is 2. The molecule has 2 heterocycles. The first-order valence-corrected chi connectivity index (χ1v) is 17.2. The topological polar surface area (TPSA) is 98.8 Å². The number of likely N-dealkylation sites (tertiary alicyclic amines) is 1. The van der Waals surface area contributed by atoms with Gasteiger partial charge in [0.05, 0.1) is 28.7 Å². The summed E-state index contributed by atoms with van der Waals surface area (Å²) in [6.45, 7) is 3.27. The van der Waals surface area contributed by atoms with Crippen LogP contribution in [0, 0.1) is 11.7 Å². The number of likely N-dealkylation sites (N-methyl/N-ethyl adjacent to an activating group) is 1. The monoisotopic (exact) mass is 672 g/mol. The number of nitrogens with one attached hydrogen (secondary N) is 2. The van der Waals surface area contributed by atoms with Crippen LogP contribution in [0.15, 0.2) is 71.6 Å². The van der Waals surface area contributed by atoms with Gasteiger partial charge in [-0.3, -0.25) is 18.8 Å². The summed E-state index contributed by atoms with van der Waals surface area (Å²) in [5.41, 5.74) is -0.269. The Morgan fingerprint density at radius 2 is 1.64 bits per heavy atom. The van der Waals surface area contributed by atoms with Gasteiger partial charge < -0.3 is 10.6 Å². The van der Waals surface area contributed by atoms with Crippen LogP contribution in [-0.4, -0.2) is 57.4 Å². The number of piperidine rings is 1. The third-order valence-corrected chi connectivity index (χ3v) is 11.4. The molecule has 6 rings (SSSR count). The molecule has 0 radical (unpaired) electrons. The Balaban J connectivity index is 1.37. The molecular weight excluding hydrogens is 636 g/mol. The summed E-state index contributed by atoms with van der Waals surface area (Å²) >= 11 is 0. The third kappa shape index (κ3) is 6.34. The lowest BCUT2D eigenvalue weighted by Gasteiger charge is -2.45. The van der Waals surface area contributed by atoms with Crippen LogP contribution in [0.4, 0.5) is 23.2 Å². The lowest BCUT2D eigenvalue weighted by molar-refractivity contribution is -0.138. The van der Waals surface area contributed by atoms with E-state index in [2.05, 4.69) is 10.6 Å². The molecule has 1 atom stereocenters.